The van der Waals surface area contributed by atoms with Crippen LogP contribution in [0.5, 0.6) is 11.5 Å². The van der Waals surface area contributed by atoms with Crippen molar-refractivity contribution < 1.29 is 14.6 Å². The summed E-state index contributed by atoms with van der Waals surface area (Å²) in [4.78, 5) is 0. The number of hydrogen-bond acceptors (Lipinski definition) is 4. The summed E-state index contributed by atoms with van der Waals surface area (Å²) >= 11 is 0. The van der Waals surface area contributed by atoms with Gasteiger partial charge in [0, 0.05) is 18.7 Å². The van der Waals surface area contributed by atoms with Crippen LogP contribution in [0, 0.1) is 0 Å². The van der Waals surface area contributed by atoms with Crippen LogP contribution in [-0.2, 0) is 0 Å². The number of nitrogens with one attached hydrogen (secondary N) is 1. The van der Waals surface area contributed by atoms with Gasteiger partial charge in [-0.2, -0.15) is 0 Å². The number of rotatable bonds is 5. The summed E-state index contributed by atoms with van der Waals surface area (Å²) in [7, 11) is 0. The van der Waals surface area contributed by atoms with Gasteiger partial charge in [0.05, 0.1) is 0 Å². The minimum Gasteiger partial charge on any atom is -0.454 e. The van der Waals surface area contributed by atoms with E-state index in [1.54, 1.807) is 0 Å². The average Bonchev–Trinajstić information content (AvgIpc) is 3.04. The lowest BCUT2D eigenvalue weighted by molar-refractivity contribution is 0.174. The molecule has 0 aromatic heterocycles. The van der Waals surface area contributed by atoms with Gasteiger partial charge in [0.2, 0.25) is 6.79 Å². The van der Waals surface area contributed by atoms with Crippen molar-refractivity contribution >= 4 is 0 Å². The van der Waals surface area contributed by atoms with Crippen molar-refractivity contribution in [3.05, 3.63) is 23.8 Å². The molecule has 2 aliphatic rings. The first-order valence-corrected chi connectivity index (χ1v) is 6.13. The number of aliphatic hydroxyl groups excluding tert-OH is 1. The molecule has 3 rings (SSSR count). The zero-order chi connectivity index (χ0) is 11.7. The number of ether oxygens (including phenoxy) is 2. The molecule has 4 nitrogen and oxygen atoms in total. The lowest BCUT2D eigenvalue weighted by Crippen LogP contribution is -2.24. The lowest BCUT2D eigenvalue weighted by Gasteiger charge is -2.18. The van der Waals surface area contributed by atoms with Crippen LogP contribution in [-0.4, -0.2) is 24.5 Å². The smallest absolute Gasteiger partial charge is 0.231 e. The van der Waals surface area contributed by atoms with E-state index in [9.17, 15) is 0 Å². The SMILES string of the molecule is OCCC(NC1CC1)c1ccc2c(c1)OCO2. The minimum absolute atomic E-state index is 0.193. The maximum absolute atomic E-state index is 9.13. The second-order valence-electron chi connectivity index (χ2n) is 4.62. The summed E-state index contributed by atoms with van der Waals surface area (Å²) in [6.45, 7) is 0.498. The summed E-state index contributed by atoms with van der Waals surface area (Å²) < 4.78 is 10.7. The van der Waals surface area contributed by atoms with Gasteiger partial charge in [-0.15, -0.1) is 0 Å². The summed E-state index contributed by atoms with van der Waals surface area (Å²) in [6, 6.07) is 6.83. The van der Waals surface area contributed by atoms with Crippen LogP contribution in [0.4, 0.5) is 0 Å². The Morgan fingerprint density at radius 1 is 1.29 bits per heavy atom. The molecule has 1 aromatic rings. The third-order valence-electron chi connectivity index (χ3n) is 3.23. The fourth-order valence-electron chi connectivity index (χ4n) is 2.14. The van der Waals surface area contributed by atoms with Gasteiger partial charge < -0.3 is 19.9 Å². The Morgan fingerprint density at radius 2 is 2.12 bits per heavy atom. The molecule has 0 saturated heterocycles. The third kappa shape index (κ3) is 2.37. The second kappa shape index (κ2) is 4.55. The molecule has 1 aliphatic carbocycles. The normalized spacial score (nSPS) is 19.4. The predicted molar refractivity (Wildman–Crippen MR) is 63.2 cm³/mol. The molecule has 0 spiro atoms. The van der Waals surface area contributed by atoms with E-state index in [-0.39, 0.29) is 12.6 Å². The number of benzene rings is 1. The molecule has 1 aromatic carbocycles. The highest BCUT2D eigenvalue weighted by Crippen LogP contribution is 2.35. The van der Waals surface area contributed by atoms with Crippen LogP contribution in [0.15, 0.2) is 18.2 Å². The maximum atomic E-state index is 9.13. The zero-order valence-corrected chi connectivity index (χ0v) is 9.69. The van der Waals surface area contributed by atoms with E-state index in [0.29, 0.717) is 12.8 Å². The van der Waals surface area contributed by atoms with Crippen LogP contribution < -0.4 is 14.8 Å². The Kier molecular flexibility index (Phi) is 2.91. The number of aliphatic hydroxyl groups is 1. The number of hydrogen-bond donors (Lipinski definition) is 2. The van der Waals surface area contributed by atoms with Gasteiger partial charge in [0.1, 0.15) is 0 Å². The summed E-state index contributed by atoms with van der Waals surface area (Å²) in [5.74, 6) is 1.62. The van der Waals surface area contributed by atoms with E-state index < -0.39 is 0 Å². The Balaban J connectivity index is 1.78. The maximum Gasteiger partial charge on any atom is 0.231 e. The van der Waals surface area contributed by atoms with Gasteiger partial charge in [0.15, 0.2) is 11.5 Å². The Labute approximate surface area is 101 Å². The molecule has 92 valence electrons. The predicted octanol–water partition coefficient (Wildman–Crippen LogP) is 1.59. The van der Waals surface area contributed by atoms with Gasteiger partial charge in [-0.1, -0.05) is 6.07 Å². The second-order valence-corrected chi connectivity index (χ2v) is 4.62. The molecule has 1 atom stereocenters. The van der Waals surface area contributed by atoms with E-state index in [1.807, 2.05) is 18.2 Å². The van der Waals surface area contributed by atoms with E-state index >= 15 is 0 Å². The van der Waals surface area contributed by atoms with Crippen LogP contribution in [0.1, 0.15) is 30.9 Å². The van der Waals surface area contributed by atoms with Gasteiger partial charge in [-0.05, 0) is 37.0 Å². The van der Waals surface area contributed by atoms with Gasteiger partial charge in [-0.25, -0.2) is 0 Å². The quantitative estimate of drug-likeness (QED) is 0.813. The molecular weight excluding hydrogens is 218 g/mol. The largest absolute Gasteiger partial charge is 0.454 e. The van der Waals surface area contributed by atoms with Crippen molar-refractivity contribution in [1.29, 1.82) is 0 Å². The van der Waals surface area contributed by atoms with E-state index in [1.165, 1.54) is 12.8 Å². The molecule has 1 unspecified atom stereocenters. The molecule has 4 heteroatoms. The van der Waals surface area contributed by atoms with Gasteiger partial charge in [-0.3, -0.25) is 0 Å². The molecule has 1 aliphatic heterocycles. The van der Waals surface area contributed by atoms with Crippen molar-refractivity contribution in [1.82, 2.24) is 5.32 Å². The fourth-order valence-corrected chi connectivity index (χ4v) is 2.14. The van der Waals surface area contributed by atoms with E-state index in [0.717, 1.165) is 23.5 Å². The van der Waals surface area contributed by atoms with Crippen molar-refractivity contribution in [3.63, 3.8) is 0 Å². The highest BCUT2D eigenvalue weighted by molar-refractivity contribution is 5.45. The first-order chi connectivity index (χ1) is 8.36. The molecule has 17 heavy (non-hydrogen) atoms. The molecule has 1 fully saturated rings. The first-order valence-electron chi connectivity index (χ1n) is 6.13. The zero-order valence-electron chi connectivity index (χ0n) is 9.69. The Hall–Kier alpha value is -1.26. The van der Waals surface area contributed by atoms with Crippen LogP contribution >= 0.6 is 0 Å². The Bertz CT molecular complexity index is 404. The van der Waals surface area contributed by atoms with Crippen LogP contribution in [0.25, 0.3) is 0 Å². The topological polar surface area (TPSA) is 50.7 Å². The van der Waals surface area contributed by atoms with Crippen molar-refractivity contribution in [3.8, 4) is 11.5 Å². The molecule has 0 bridgehead atoms. The first kappa shape index (κ1) is 10.9. The van der Waals surface area contributed by atoms with Crippen LogP contribution in [0.2, 0.25) is 0 Å². The Morgan fingerprint density at radius 3 is 2.88 bits per heavy atom. The average molecular weight is 235 g/mol. The van der Waals surface area contributed by atoms with Gasteiger partial charge >= 0.3 is 0 Å². The van der Waals surface area contributed by atoms with Crippen molar-refractivity contribution in [2.75, 3.05) is 13.4 Å². The molecule has 2 N–H and O–H groups in total. The fraction of sp³-hybridized carbons (Fsp3) is 0.538. The summed E-state index contributed by atoms with van der Waals surface area (Å²) in [5, 5.41) is 12.7. The molecule has 0 radical (unpaired) electrons. The highest BCUT2D eigenvalue weighted by Gasteiger charge is 2.26. The van der Waals surface area contributed by atoms with E-state index in [2.05, 4.69) is 5.32 Å². The number of fused-ring (bicyclic) bond motifs is 1. The van der Waals surface area contributed by atoms with Crippen molar-refractivity contribution in [2.24, 2.45) is 0 Å². The van der Waals surface area contributed by atoms with Crippen molar-refractivity contribution in [2.45, 2.75) is 31.3 Å². The molecule has 0 amide bonds. The minimum atomic E-state index is 0.193. The molecule has 1 saturated carbocycles. The third-order valence-corrected chi connectivity index (χ3v) is 3.23. The highest BCUT2D eigenvalue weighted by atomic mass is 16.7. The van der Waals surface area contributed by atoms with Crippen LogP contribution in [0.3, 0.4) is 0 Å². The summed E-state index contributed by atoms with van der Waals surface area (Å²) in [5.41, 5.74) is 1.16. The summed E-state index contributed by atoms with van der Waals surface area (Å²) in [6.07, 6.45) is 3.22. The molecular formula is C13H17NO3. The monoisotopic (exact) mass is 235 g/mol. The molecule has 1 heterocycles. The van der Waals surface area contributed by atoms with E-state index in [4.69, 9.17) is 14.6 Å². The standard InChI is InChI=1S/C13H17NO3/c15-6-5-11(14-10-2-3-10)9-1-4-12-13(7-9)17-8-16-12/h1,4,7,10-11,14-15H,2-3,5-6,8H2. The van der Waals surface area contributed by atoms with Gasteiger partial charge in [0.25, 0.3) is 0 Å². The lowest BCUT2D eigenvalue weighted by atomic mass is 10.0.